The molecule has 6 heteroatoms. The summed E-state index contributed by atoms with van der Waals surface area (Å²) in [5.41, 5.74) is 9.55. The Labute approximate surface area is 165 Å². The third-order valence-electron chi connectivity index (χ3n) is 6.18. The van der Waals surface area contributed by atoms with Gasteiger partial charge in [-0.05, 0) is 62.3 Å². The number of fused-ring (bicyclic) bond motifs is 2. The number of aromatic nitrogens is 3. The Morgan fingerprint density at radius 3 is 2.71 bits per heavy atom. The predicted octanol–water partition coefficient (Wildman–Crippen LogP) is 4.02. The van der Waals surface area contributed by atoms with Crippen LogP contribution in [0, 0.1) is 0 Å². The molecule has 1 unspecified atom stereocenters. The number of nitrogens with two attached hydrogens (primary N) is 1. The molecule has 1 saturated heterocycles. The van der Waals surface area contributed by atoms with Crippen LogP contribution in [0.5, 0.6) is 5.75 Å². The molecule has 0 amide bonds. The largest absolute Gasteiger partial charge is 0.484 e. The number of hydrogen-bond donors (Lipinski definition) is 1. The molecule has 2 N–H and O–H groups in total. The number of piperidine rings is 1. The van der Waals surface area contributed by atoms with Gasteiger partial charge in [0.2, 0.25) is 5.95 Å². The van der Waals surface area contributed by atoms with Crippen molar-refractivity contribution in [3.05, 3.63) is 53.7 Å². The van der Waals surface area contributed by atoms with Gasteiger partial charge in [-0.2, -0.15) is 0 Å². The summed E-state index contributed by atoms with van der Waals surface area (Å²) in [7, 11) is 0. The highest BCUT2D eigenvalue weighted by Gasteiger charge is 2.27. The van der Waals surface area contributed by atoms with E-state index in [1.165, 1.54) is 30.4 Å². The number of nitrogens with zero attached hydrogens (tertiary/aromatic N) is 4. The van der Waals surface area contributed by atoms with Crippen molar-refractivity contribution in [2.75, 3.05) is 11.4 Å². The van der Waals surface area contributed by atoms with Gasteiger partial charge < -0.3 is 15.4 Å². The average molecular weight is 377 g/mol. The van der Waals surface area contributed by atoms with E-state index in [0.29, 0.717) is 6.04 Å². The number of anilines is 1. The van der Waals surface area contributed by atoms with Crippen molar-refractivity contribution in [1.29, 1.82) is 0 Å². The second kappa shape index (κ2) is 7.09. The summed E-state index contributed by atoms with van der Waals surface area (Å²) in [4.78, 5) is 2.36. The van der Waals surface area contributed by atoms with Gasteiger partial charge in [0.05, 0.1) is 6.20 Å². The Hall–Kier alpha value is -2.60. The lowest BCUT2D eigenvalue weighted by Gasteiger charge is -2.33. The lowest BCUT2D eigenvalue weighted by molar-refractivity contribution is 0.176. The summed E-state index contributed by atoms with van der Waals surface area (Å²) < 4.78 is 8.49. The van der Waals surface area contributed by atoms with E-state index in [0.717, 1.165) is 36.7 Å². The maximum Gasteiger partial charge on any atom is 0.232 e. The van der Waals surface area contributed by atoms with Crippen LogP contribution in [-0.2, 0) is 0 Å². The molecule has 0 bridgehead atoms. The van der Waals surface area contributed by atoms with Gasteiger partial charge in [0.25, 0.3) is 0 Å². The Kier molecular flexibility index (Phi) is 4.43. The van der Waals surface area contributed by atoms with Gasteiger partial charge in [-0.3, -0.25) is 4.40 Å². The van der Waals surface area contributed by atoms with Crippen LogP contribution in [0.1, 0.15) is 62.3 Å². The second-order valence-electron chi connectivity index (χ2n) is 8.05. The molecule has 6 nitrogen and oxygen atoms in total. The molecule has 0 radical (unpaired) electrons. The highest BCUT2D eigenvalue weighted by Crippen LogP contribution is 2.37. The molecule has 3 aromatic rings. The smallest absolute Gasteiger partial charge is 0.232 e. The molecule has 3 heterocycles. The molecule has 1 aliphatic heterocycles. The number of ether oxygens (including phenoxy) is 1. The average Bonchev–Trinajstić information content (AvgIpc) is 3.14. The first kappa shape index (κ1) is 17.5. The summed E-state index contributed by atoms with van der Waals surface area (Å²) >= 11 is 0. The van der Waals surface area contributed by atoms with Crippen LogP contribution in [0.3, 0.4) is 0 Å². The molecule has 1 aliphatic carbocycles. The Balaban J connectivity index is 1.46. The molecule has 2 aromatic heterocycles. The zero-order chi connectivity index (χ0) is 19.1. The fourth-order valence-corrected chi connectivity index (χ4v) is 4.59. The van der Waals surface area contributed by atoms with Gasteiger partial charge in [-0.25, -0.2) is 0 Å². The summed E-state index contributed by atoms with van der Waals surface area (Å²) in [5.74, 6) is 1.76. The van der Waals surface area contributed by atoms with Crippen molar-refractivity contribution < 1.29 is 4.74 Å². The molecule has 5 rings (SSSR count). The van der Waals surface area contributed by atoms with Gasteiger partial charge in [0.15, 0.2) is 5.65 Å². The van der Waals surface area contributed by atoms with E-state index < -0.39 is 0 Å². The summed E-state index contributed by atoms with van der Waals surface area (Å²) in [6.45, 7) is 3.30. The van der Waals surface area contributed by atoms with Gasteiger partial charge in [0, 0.05) is 18.6 Å². The van der Waals surface area contributed by atoms with Crippen LogP contribution in [0.2, 0.25) is 0 Å². The van der Waals surface area contributed by atoms with E-state index in [4.69, 9.17) is 10.5 Å². The molecular formula is C22H27N5O. The van der Waals surface area contributed by atoms with Crippen LogP contribution >= 0.6 is 0 Å². The Morgan fingerprint density at radius 1 is 1.00 bits per heavy atom. The molecule has 1 aromatic carbocycles. The minimum absolute atomic E-state index is 0.0299. The number of rotatable bonds is 3. The SMILES string of the molecule is CC1CCCCN1c1nnc2ccc(O[C@H]3CC[C@H](N)c4ccccc43)cn12. The minimum atomic E-state index is 0.0299. The number of hydrogen-bond acceptors (Lipinski definition) is 5. The van der Waals surface area contributed by atoms with E-state index in [-0.39, 0.29) is 12.1 Å². The van der Waals surface area contributed by atoms with E-state index in [1.54, 1.807) is 0 Å². The molecule has 146 valence electrons. The zero-order valence-corrected chi connectivity index (χ0v) is 16.3. The molecule has 3 atom stereocenters. The predicted molar refractivity (Wildman–Crippen MR) is 110 cm³/mol. The van der Waals surface area contributed by atoms with E-state index in [1.807, 2.05) is 18.3 Å². The molecule has 0 saturated carbocycles. The van der Waals surface area contributed by atoms with Crippen molar-refractivity contribution in [3.63, 3.8) is 0 Å². The van der Waals surface area contributed by atoms with Crippen molar-refractivity contribution in [3.8, 4) is 5.75 Å². The Morgan fingerprint density at radius 2 is 1.86 bits per heavy atom. The third-order valence-corrected chi connectivity index (χ3v) is 6.18. The van der Waals surface area contributed by atoms with Crippen LogP contribution in [0.15, 0.2) is 42.6 Å². The third kappa shape index (κ3) is 3.02. The first-order valence-corrected chi connectivity index (χ1v) is 10.3. The summed E-state index contributed by atoms with van der Waals surface area (Å²) in [5, 5.41) is 8.83. The van der Waals surface area contributed by atoms with E-state index in [9.17, 15) is 0 Å². The monoisotopic (exact) mass is 377 g/mol. The maximum absolute atomic E-state index is 6.43. The molecular weight excluding hydrogens is 350 g/mol. The van der Waals surface area contributed by atoms with Crippen molar-refractivity contribution in [1.82, 2.24) is 14.6 Å². The van der Waals surface area contributed by atoms with Gasteiger partial charge in [-0.15, -0.1) is 10.2 Å². The number of benzene rings is 1. The van der Waals surface area contributed by atoms with Crippen LogP contribution in [-0.4, -0.2) is 27.2 Å². The van der Waals surface area contributed by atoms with Gasteiger partial charge in [0.1, 0.15) is 11.9 Å². The normalized spacial score (nSPS) is 24.9. The summed E-state index contributed by atoms with van der Waals surface area (Å²) in [6.07, 6.45) is 7.61. The van der Waals surface area contributed by atoms with E-state index >= 15 is 0 Å². The number of pyridine rings is 1. The lowest BCUT2D eigenvalue weighted by Crippen LogP contribution is -2.38. The van der Waals surface area contributed by atoms with Gasteiger partial charge >= 0.3 is 0 Å². The van der Waals surface area contributed by atoms with Gasteiger partial charge in [-0.1, -0.05) is 24.3 Å². The zero-order valence-electron chi connectivity index (χ0n) is 16.3. The standard InChI is InChI=1S/C22H27N5O/c1-15-6-4-5-13-26(15)22-25-24-21-12-9-16(14-27(21)22)28-20-11-10-19(23)17-7-2-3-8-18(17)20/h2-3,7-9,12,14-15,19-20H,4-6,10-11,13,23H2,1H3/t15?,19-,20-/m0/s1. The molecule has 28 heavy (non-hydrogen) atoms. The summed E-state index contributed by atoms with van der Waals surface area (Å²) in [6, 6.07) is 12.9. The maximum atomic E-state index is 6.43. The van der Waals surface area contributed by atoms with Crippen LogP contribution in [0.25, 0.3) is 5.65 Å². The highest BCUT2D eigenvalue weighted by molar-refractivity contribution is 5.49. The van der Waals surface area contributed by atoms with Crippen molar-refractivity contribution in [2.24, 2.45) is 5.73 Å². The van der Waals surface area contributed by atoms with Crippen LogP contribution in [0.4, 0.5) is 5.95 Å². The fourth-order valence-electron chi connectivity index (χ4n) is 4.59. The topological polar surface area (TPSA) is 68.7 Å². The van der Waals surface area contributed by atoms with Crippen molar-refractivity contribution in [2.45, 2.75) is 57.2 Å². The second-order valence-corrected chi connectivity index (χ2v) is 8.05. The molecule has 1 fully saturated rings. The molecule has 0 spiro atoms. The fraction of sp³-hybridized carbons (Fsp3) is 0.455. The molecule has 2 aliphatic rings. The first-order chi connectivity index (χ1) is 13.7. The van der Waals surface area contributed by atoms with E-state index in [2.05, 4.69) is 50.7 Å². The quantitative estimate of drug-likeness (QED) is 0.746. The van der Waals surface area contributed by atoms with Crippen molar-refractivity contribution >= 4 is 11.6 Å². The highest BCUT2D eigenvalue weighted by atomic mass is 16.5. The minimum Gasteiger partial charge on any atom is -0.484 e. The first-order valence-electron chi connectivity index (χ1n) is 10.3. The lowest BCUT2D eigenvalue weighted by atomic mass is 9.86. The van der Waals surface area contributed by atoms with Crippen LogP contribution < -0.4 is 15.4 Å². The Bertz CT molecular complexity index is 984.